The molecular formula is C23H24Cl2F3N3OS. The van der Waals surface area contributed by atoms with Crippen LogP contribution in [0.3, 0.4) is 0 Å². The topological polar surface area (TPSA) is 45.2 Å². The molecule has 2 heterocycles. The highest BCUT2D eigenvalue weighted by Crippen LogP contribution is 2.39. The summed E-state index contributed by atoms with van der Waals surface area (Å²) in [5, 5.41) is 4.31. The van der Waals surface area contributed by atoms with Crippen molar-refractivity contribution in [2.24, 2.45) is 5.92 Å². The third kappa shape index (κ3) is 5.38. The Morgan fingerprint density at radius 3 is 2.55 bits per heavy atom. The number of benzene rings is 1. The first kappa shape index (κ1) is 24.5. The molecule has 0 bridgehead atoms. The van der Waals surface area contributed by atoms with E-state index in [0.29, 0.717) is 35.1 Å². The minimum Gasteiger partial charge on any atom is -0.367 e. The summed E-state index contributed by atoms with van der Waals surface area (Å²) >= 11 is 14.1. The molecular weight excluding hydrogens is 494 g/mol. The van der Waals surface area contributed by atoms with Crippen LogP contribution in [0.15, 0.2) is 30.5 Å². The minimum atomic E-state index is -4.60. The van der Waals surface area contributed by atoms with Crippen molar-refractivity contribution in [1.29, 1.82) is 0 Å². The largest absolute Gasteiger partial charge is 0.413 e. The summed E-state index contributed by atoms with van der Waals surface area (Å²) in [5.41, 5.74) is 2.02. The van der Waals surface area contributed by atoms with Gasteiger partial charge in [-0.15, -0.1) is 0 Å². The number of rotatable bonds is 5. The molecule has 10 heteroatoms. The number of fused-ring (bicyclic) bond motifs is 1. The fraction of sp³-hybridized carbons (Fsp3) is 0.478. The van der Waals surface area contributed by atoms with Crippen LogP contribution in [0.4, 0.5) is 19.0 Å². The fourth-order valence-corrected chi connectivity index (χ4v) is 6.13. The Hall–Kier alpha value is -1.64. The van der Waals surface area contributed by atoms with Crippen LogP contribution in [-0.2, 0) is 17.6 Å². The van der Waals surface area contributed by atoms with Crippen LogP contribution in [0.2, 0.25) is 10.0 Å². The van der Waals surface area contributed by atoms with Crippen molar-refractivity contribution in [2.45, 2.75) is 43.9 Å². The highest BCUT2D eigenvalue weighted by atomic mass is 35.5. The predicted molar refractivity (Wildman–Crippen MR) is 127 cm³/mol. The highest BCUT2D eigenvalue weighted by Gasteiger charge is 2.46. The van der Waals surface area contributed by atoms with Crippen LogP contribution in [0.5, 0.6) is 0 Å². The predicted octanol–water partition coefficient (Wildman–Crippen LogP) is 6.17. The van der Waals surface area contributed by atoms with E-state index in [1.165, 1.54) is 25.4 Å². The van der Waals surface area contributed by atoms with E-state index in [0.717, 1.165) is 34.0 Å². The van der Waals surface area contributed by atoms with Gasteiger partial charge in [0.1, 0.15) is 5.82 Å². The van der Waals surface area contributed by atoms with Gasteiger partial charge in [-0.25, -0.2) is 4.98 Å². The average Bonchev–Trinajstić information content (AvgIpc) is 3.20. The van der Waals surface area contributed by atoms with Crippen LogP contribution in [-0.4, -0.2) is 46.6 Å². The van der Waals surface area contributed by atoms with Crippen molar-refractivity contribution in [3.05, 3.63) is 57.2 Å². The van der Waals surface area contributed by atoms with Crippen LogP contribution >= 0.6 is 35.0 Å². The number of pyridine rings is 1. The van der Waals surface area contributed by atoms with Gasteiger partial charge in [0.2, 0.25) is 5.91 Å². The Balaban J connectivity index is 1.47. The summed E-state index contributed by atoms with van der Waals surface area (Å²) in [6.07, 6.45) is -0.810. The zero-order valence-electron chi connectivity index (χ0n) is 18.0. The molecule has 1 saturated heterocycles. The second-order valence-corrected chi connectivity index (χ2v) is 10.5. The first-order valence-corrected chi connectivity index (χ1v) is 12.7. The Morgan fingerprint density at radius 1 is 1.18 bits per heavy atom. The monoisotopic (exact) mass is 517 g/mol. The van der Waals surface area contributed by atoms with Gasteiger partial charge in [0, 0.05) is 30.8 Å². The van der Waals surface area contributed by atoms with E-state index in [1.54, 1.807) is 17.8 Å². The molecule has 1 aromatic heterocycles. The second kappa shape index (κ2) is 9.92. The van der Waals surface area contributed by atoms with Gasteiger partial charge in [-0.05, 0) is 60.4 Å². The van der Waals surface area contributed by atoms with Crippen molar-refractivity contribution in [3.8, 4) is 0 Å². The van der Waals surface area contributed by atoms with E-state index in [1.807, 2.05) is 6.07 Å². The third-order valence-corrected chi connectivity index (χ3v) is 8.17. The standard InChI is InChI=1S/C23H24Cl2F3N3OS/c1-31(22(32)13-6-8-33-9-7-13)21(23(26,27)28)15-3-5-19(29-12-15)30-16-10-14-2-4-18(24)20(25)17(14)11-16/h2-5,12-13,16,21H,6-11H2,1H3,(H,29,30). The number of hydrogen-bond donors (Lipinski definition) is 1. The first-order chi connectivity index (χ1) is 15.6. The molecule has 1 aromatic carbocycles. The summed E-state index contributed by atoms with van der Waals surface area (Å²) in [7, 11) is 1.24. The number of amides is 1. The molecule has 1 fully saturated rings. The van der Waals surface area contributed by atoms with Crippen molar-refractivity contribution in [3.63, 3.8) is 0 Å². The molecule has 4 rings (SSSR count). The van der Waals surface area contributed by atoms with Gasteiger partial charge in [0.05, 0.1) is 10.0 Å². The summed E-state index contributed by atoms with van der Waals surface area (Å²) < 4.78 is 41.9. The molecule has 4 nitrogen and oxygen atoms in total. The number of nitrogens with one attached hydrogen (secondary N) is 1. The smallest absolute Gasteiger partial charge is 0.367 e. The molecule has 2 aromatic rings. The highest BCUT2D eigenvalue weighted by molar-refractivity contribution is 7.99. The molecule has 1 aliphatic carbocycles. The number of anilines is 1. The van der Waals surface area contributed by atoms with E-state index in [-0.39, 0.29) is 17.5 Å². The van der Waals surface area contributed by atoms with E-state index < -0.39 is 18.1 Å². The number of carbonyl (C=O) groups excluding carboxylic acids is 1. The average molecular weight is 518 g/mol. The fourth-order valence-electron chi connectivity index (χ4n) is 4.58. The van der Waals surface area contributed by atoms with Gasteiger partial charge >= 0.3 is 6.18 Å². The van der Waals surface area contributed by atoms with Crippen molar-refractivity contribution >= 4 is 46.7 Å². The van der Waals surface area contributed by atoms with Gasteiger partial charge in [-0.1, -0.05) is 35.3 Å². The molecule has 2 unspecified atom stereocenters. The summed E-state index contributed by atoms with van der Waals surface area (Å²) in [6, 6.07) is 4.60. The maximum Gasteiger partial charge on any atom is 0.413 e. The molecule has 1 N–H and O–H groups in total. The number of thioether (sulfide) groups is 1. The lowest BCUT2D eigenvalue weighted by Crippen LogP contribution is -2.43. The molecule has 0 saturated carbocycles. The maximum atomic E-state index is 14.0. The van der Waals surface area contributed by atoms with E-state index in [4.69, 9.17) is 23.2 Å². The molecule has 33 heavy (non-hydrogen) atoms. The zero-order chi connectivity index (χ0) is 23.8. The Bertz CT molecular complexity index is 1010. The van der Waals surface area contributed by atoms with Gasteiger partial charge < -0.3 is 10.2 Å². The lowest BCUT2D eigenvalue weighted by Gasteiger charge is -2.33. The minimum absolute atomic E-state index is 0.0150. The quantitative estimate of drug-likeness (QED) is 0.514. The van der Waals surface area contributed by atoms with Crippen molar-refractivity contribution in [2.75, 3.05) is 23.9 Å². The number of alkyl halides is 3. The molecule has 178 valence electrons. The number of carbonyl (C=O) groups is 1. The molecule has 2 aliphatic rings. The van der Waals surface area contributed by atoms with Crippen molar-refractivity contribution in [1.82, 2.24) is 9.88 Å². The zero-order valence-corrected chi connectivity index (χ0v) is 20.3. The number of halogens is 5. The third-order valence-electron chi connectivity index (χ3n) is 6.28. The van der Waals surface area contributed by atoms with Gasteiger partial charge in [-0.2, -0.15) is 24.9 Å². The second-order valence-electron chi connectivity index (χ2n) is 8.51. The number of hydrogen-bond acceptors (Lipinski definition) is 4. The summed E-state index contributed by atoms with van der Waals surface area (Å²) in [5.74, 6) is 1.24. The van der Waals surface area contributed by atoms with Crippen LogP contribution in [0.1, 0.15) is 35.6 Å². The Labute approximate surface area is 205 Å². The maximum absolute atomic E-state index is 14.0. The van der Waals surface area contributed by atoms with Gasteiger partial charge in [-0.3, -0.25) is 4.79 Å². The molecule has 0 spiro atoms. The Morgan fingerprint density at radius 2 is 1.91 bits per heavy atom. The van der Waals surface area contributed by atoms with Crippen molar-refractivity contribution < 1.29 is 18.0 Å². The Kier molecular flexibility index (Phi) is 7.36. The van der Waals surface area contributed by atoms with Gasteiger partial charge in [0.15, 0.2) is 6.04 Å². The van der Waals surface area contributed by atoms with Crippen LogP contribution < -0.4 is 5.32 Å². The number of nitrogens with zero attached hydrogens (tertiary/aromatic N) is 2. The van der Waals surface area contributed by atoms with E-state index >= 15 is 0 Å². The van der Waals surface area contributed by atoms with Crippen LogP contribution in [0.25, 0.3) is 0 Å². The van der Waals surface area contributed by atoms with Gasteiger partial charge in [0.25, 0.3) is 0 Å². The lowest BCUT2D eigenvalue weighted by atomic mass is 9.99. The normalized spacial score (nSPS) is 19.8. The van der Waals surface area contributed by atoms with E-state index in [9.17, 15) is 18.0 Å². The van der Waals surface area contributed by atoms with E-state index in [2.05, 4.69) is 10.3 Å². The number of aromatic nitrogens is 1. The van der Waals surface area contributed by atoms with Crippen LogP contribution in [0, 0.1) is 5.92 Å². The molecule has 0 radical (unpaired) electrons. The molecule has 1 amide bonds. The molecule has 1 aliphatic heterocycles. The SMILES string of the molecule is CN(C(=O)C1CCSCC1)C(c1ccc(NC2Cc3ccc(Cl)c(Cl)c3C2)nc1)C(F)(F)F. The first-order valence-electron chi connectivity index (χ1n) is 10.7. The summed E-state index contributed by atoms with van der Waals surface area (Å²) in [6.45, 7) is 0. The molecule has 2 atom stereocenters. The summed E-state index contributed by atoms with van der Waals surface area (Å²) in [4.78, 5) is 17.8. The lowest BCUT2D eigenvalue weighted by molar-refractivity contribution is -0.190.